The maximum Gasteiger partial charge on any atom is 0.307 e. The first-order valence-electron chi connectivity index (χ1n) is 6.32. The van der Waals surface area contributed by atoms with E-state index < -0.39 is 26.8 Å². The van der Waals surface area contributed by atoms with Crippen molar-refractivity contribution in [3.05, 3.63) is 28.3 Å². The van der Waals surface area contributed by atoms with Crippen LogP contribution in [0, 0.1) is 16.0 Å². The number of sulfonamides is 1. The van der Waals surface area contributed by atoms with Gasteiger partial charge in [-0.15, -0.1) is 0 Å². The van der Waals surface area contributed by atoms with Crippen LogP contribution in [0.25, 0.3) is 0 Å². The molecule has 1 heterocycles. The molecule has 1 aliphatic rings. The fourth-order valence-corrected chi connectivity index (χ4v) is 3.91. The van der Waals surface area contributed by atoms with E-state index in [1.807, 2.05) is 0 Å². The second-order valence-corrected chi connectivity index (χ2v) is 6.69. The maximum atomic E-state index is 12.5. The van der Waals surface area contributed by atoms with E-state index >= 15 is 0 Å². The van der Waals surface area contributed by atoms with Gasteiger partial charge in [0.25, 0.3) is 5.69 Å². The molecular weight excluding hydrogens is 316 g/mol. The average Bonchev–Trinajstić information content (AvgIpc) is 2.97. The number of carboxylic acids is 1. The Morgan fingerprint density at radius 2 is 2.18 bits per heavy atom. The van der Waals surface area contributed by atoms with Crippen molar-refractivity contribution >= 4 is 21.7 Å². The molecule has 22 heavy (non-hydrogen) atoms. The number of benzene rings is 1. The Morgan fingerprint density at radius 3 is 2.68 bits per heavy atom. The Balaban J connectivity index is 2.38. The van der Waals surface area contributed by atoms with Crippen LogP contribution < -0.4 is 4.74 Å². The molecule has 0 radical (unpaired) electrons. The minimum Gasteiger partial charge on any atom is -0.495 e. The summed E-state index contributed by atoms with van der Waals surface area (Å²) >= 11 is 0. The van der Waals surface area contributed by atoms with Crippen molar-refractivity contribution in [2.24, 2.45) is 5.92 Å². The molecule has 0 spiro atoms. The molecule has 1 N–H and O–H groups in total. The summed E-state index contributed by atoms with van der Waals surface area (Å²) in [5, 5.41) is 19.7. The van der Waals surface area contributed by atoms with Gasteiger partial charge in [0.2, 0.25) is 10.0 Å². The summed E-state index contributed by atoms with van der Waals surface area (Å²) in [5.74, 6) is -1.94. The topological polar surface area (TPSA) is 127 Å². The van der Waals surface area contributed by atoms with Gasteiger partial charge in [0.05, 0.1) is 24.0 Å². The van der Waals surface area contributed by atoms with Crippen molar-refractivity contribution in [3.8, 4) is 5.75 Å². The van der Waals surface area contributed by atoms with Crippen LogP contribution in [-0.2, 0) is 14.8 Å². The highest BCUT2D eigenvalue weighted by Crippen LogP contribution is 2.32. The normalized spacial score (nSPS) is 19.0. The van der Waals surface area contributed by atoms with E-state index in [0.717, 1.165) is 22.5 Å². The molecule has 0 bridgehead atoms. The van der Waals surface area contributed by atoms with Crippen molar-refractivity contribution < 1.29 is 28.0 Å². The molecule has 1 aromatic rings. The fraction of sp³-hybridized carbons (Fsp3) is 0.417. The smallest absolute Gasteiger partial charge is 0.307 e. The van der Waals surface area contributed by atoms with Crippen molar-refractivity contribution in [1.82, 2.24) is 4.31 Å². The minimum atomic E-state index is -3.97. The number of carbonyl (C=O) groups is 1. The van der Waals surface area contributed by atoms with Crippen LogP contribution in [-0.4, -0.2) is 48.9 Å². The number of nitro benzene ring substituents is 1. The van der Waals surface area contributed by atoms with Gasteiger partial charge in [-0.25, -0.2) is 8.42 Å². The van der Waals surface area contributed by atoms with Gasteiger partial charge < -0.3 is 9.84 Å². The zero-order valence-corrected chi connectivity index (χ0v) is 12.4. The predicted octanol–water partition coefficient (Wildman–Crippen LogP) is 0.699. The Morgan fingerprint density at radius 1 is 1.50 bits per heavy atom. The van der Waals surface area contributed by atoms with E-state index in [-0.39, 0.29) is 35.8 Å². The molecule has 120 valence electrons. The van der Waals surface area contributed by atoms with E-state index in [9.17, 15) is 23.3 Å². The molecule has 2 rings (SSSR count). The SMILES string of the molecule is COc1cc([N+](=O)[O-])ccc1S(=O)(=O)N1CCC(C(=O)O)C1. The van der Waals surface area contributed by atoms with E-state index in [0.29, 0.717) is 0 Å². The van der Waals surface area contributed by atoms with Crippen LogP contribution in [0.4, 0.5) is 5.69 Å². The van der Waals surface area contributed by atoms with Crippen LogP contribution in [0.5, 0.6) is 5.75 Å². The van der Waals surface area contributed by atoms with Gasteiger partial charge in [0, 0.05) is 19.2 Å². The van der Waals surface area contributed by atoms with Gasteiger partial charge in [0.15, 0.2) is 0 Å². The number of nitro groups is 1. The quantitative estimate of drug-likeness (QED) is 0.621. The summed E-state index contributed by atoms with van der Waals surface area (Å²) in [4.78, 5) is 20.8. The number of nitrogens with zero attached hydrogens (tertiary/aromatic N) is 2. The summed E-state index contributed by atoms with van der Waals surface area (Å²) in [6, 6.07) is 3.19. The number of aliphatic carboxylic acids is 1. The Bertz CT molecular complexity index is 716. The highest BCUT2D eigenvalue weighted by atomic mass is 32.2. The molecule has 0 saturated carbocycles. The first-order chi connectivity index (χ1) is 10.3. The molecule has 1 aromatic carbocycles. The fourth-order valence-electron chi connectivity index (χ4n) is 2.27. The summed E-state index contributed by atoms with van der Waals surface area (Å²) in [7, 11) is -2.76. The van der Waals surface area contributed by atoms with E-state index in [4.69, 9.17) is 9.84 Å². The summed E-state index contributed by atoms with van der Waals surface area (Å²) in [6.07, 6.45) is 0.226. The highest BCUT2D eigenvalue weighted by Gasteiger charge is 2.37. The second-order valence-electron chi connectivity index (χ2n) is 4.78. The molecule has 0 aromatic heterocycles. The van der Waals surface area contributed by atoms with Gasteiger partial charge in [-0.3, -0.25) is 14.9 Å². The van der Waals surface area contributed by atoms with E-state index in [2.05, 4.69) is 0 Å². The highest BCUT2D eigenvalue weighted by molar-refractivity contribution is 7.89. The lowest BCUT2D eigenvalue weighted by molar-refractivity contribution is -0.385. The number of methoxy groups -OCH3 is 1. The lowest BCUT2D eigenvalue weighted by atomic mass is 10.1. The Labute approximate surface area is 126 Å². The van der Waals surface area contributed by atoms with Crippen LogP contribution >= 0.6 is 0 Å². The lowest BCUT2D eigenvalue weighted by Gasteiger charge is -2.17. The molecule has 1 saturated heterocycles. The maximum absolute atomic E-state index is 12.5. The molecule has 10 heteroatoms. The standard InChI is InChI=1S/C12H14N2O7S/c1-21-10-6-9(14(17)18)2-3-11(10)22(19,20)13-5-4-8(7-13)12(15)16/h2-3,6,8H,4-5,7H2,1H3,(H,15,16). The second kappa shape index (κ2) is 5.89. The number of hydrogen-bond acceptors (Lipinski definition) is 6. The molecular formula is C12H14N2O7S. The first kappa shape index (κ1) is 16.2. The average molecular weight is 330 g/mol. The molecule has 9 nitrogen and oxygen atoms in total. The Kier molecular flexibility index (Phi) is 4.33. The third kappa shape index (κ3) is 2.88. The van der Waals surface area contributed by atoms with Crippen molar-refractivity contribution in [2.45, 2.75) is 11.3 Å². The third-order valence-corrected chi connectivity index (χ3v) is 5.38. The van der Waals surface area contributed by atoms with Crippen molar-refractivity contribution in [2.75, 3.05) is 20.2 Å². The number of non-ortho nitro benzene ring substituents is 1. The van der Waals surface area contributed by atoms with Crippen LogP contribution in [0.15, 0.2) is 23.1 Å². The van der Waals surface area contributed by atoms with Crippen LogP contribution in [0.1, 0.15) is 6.42 Å². The van der Waals surface area contributed by atoms with Crippen LogP contribution in [0.2, 0.25) is 0 Å². The lowest BCUT2D eigenvalue weighted by Crippen LogP contribution is -2.30. The number of hydrogen-bond donors (Lipinski definition) is 1. The van der Waals surface area contributed by atoms with Crippen molar-refractivity contribution in [1.29, 1.82) is 0 Å². The first-order valence-corrected chi connectivity index (χ1v) is 7.76. The van der Waals surface area contributed by atoms with Gasteiger partial charge in [-0.05, 0) is 12.5 Å². The summed E-state index contributed by atoms with van der Waals surface area (Å²) < 4.78 is 31.1. The molecule has 1 atom stereocenters. The van der Waals surface area contributed by atoms with Gasteiger partial charge >= 0.3 is 5.97 Å². The van der Waals surface area contributed by atoms with Crippen molar-refractivity contribution in [3.63, 3.8) is 0 Å². The largest absolute Gasteiger partial charge is 0.495 e. The monoisotopic (exact) mass is 330 g/mol. The van der Waals surface area contributed by atoms with Gasteiger partial charge in [0.1, 0.15) is 10.6 Å². The Hall–Kier alpha value is -2.20. The minimum absolute atomic E-state index is 0.0828. The predicted molar refractivity (Wildman–Crippen MR) is 74.2 cm³/mol. The molecule has 0 aliphatic carbocycles. The van der Waals surface area contributed by atoms with Gasteiger partial charge in [-0.1, -0.05) is 0 Å². The number of carboxylic acid groups (broad SMARTS) is 1. The summed E-state index contributed by atoms with van der Waals surface area (Å²) in [6.45, 7) is -0.0444. The van der Waals surface area contributed by atoms with Crippen LogP contribution in [0.3, 0.4) is 0 Å². The zero-order chi connectivity index (χ0) is 16.5. The van der Waals surface area contributed by atoms with E-state index in [1.54, 1.807) is 0 Å². The number of ether oxygens (including phenoxy) is 1. The molecule has 1 aliphatic heterocycles. The third-order valence-electron chi connectivity index (χ3n) is 3.48. The molecule has 1 unspecified atom stereocenters. The van der Waals surface area contributed by atoms with Gasteiger partial charge in [-0.2, -0.15) is 4.31 Å². The zero-order valence-electron chi connectivity index (χ0n) is 11.6. The molecule has 0 amide bonds. The summed E-state index contributed by atoms with van der Waals surface area (Å²) in [5.41, 5.74) is -0.291. The molecule has 1 fully saturated rings. The van der Waals surface area contributed by atoms with E-state index in [1.165, 1.54) is 7.11 Å². The number of rotatable bonds is 5.